The Labute approximate surface area is 135 Å². The molecule has 1 aliphatic carbocycles. The molecule has 4 heteroatoms. The number of aromatic nitrogens is 1. The van der Waals surface area contributed by atoms with E-state index >= 15 is 0 Å². The summed E-state index contributed by atoms with van der Waals surface area (Å²) in [5, 5.41) is 3.35. The monoisotopic (exact) mass is 308 g/mol. The Kier molecular flexibility index (Phi) is 3.75. The van der Waals surface area contributed by atoms with E-state index < -0.39 is 0 Å². The van der Waals surface area contributed by atoms with Crippen LogP contribution >= 0.6 is 0 Å². The van der Waals surface area contributed by atoms with Gasteiger partial charge in [0.05, 0.1) is 12.2 Å². The van der Waals surface area contributed by atoms with Crippen molar-refractivity contribution < 1.29 is 8.83 Å². The van der Waals surface area contributed by atoms with Crippen LogP contribution in [0.15, 0.2) is 57.6 Å². The molecular formula is C19H20N2O2. The minimum atomic E-state index is 0.632. The first-order chi connectivity index (χ1) is 11.3. The van der Waals surface area contributed by atoms with Crippen LogP contribution in [0, 0.1) is 5.92 Å². The molecule has 1 aliphatic rings. The summed E-state index contributed by atoms with van der Waals surface area (Å²) in [7, 11) is 0. The van der Waals surface area contributed by atoms with Crippen LogP contribution in [0.2, 0.25) is 0 Å². The lowest BCUT2D eigenvalue weighted by Gasteiger charge is -1.99. The van der Waals surface area contributed by atoms with Crippen molar-refractivity contribution in [3.8, 4) is 11.5 Å². The fraction of sp³-hybridized carbons (Fsp3) is 0.316. The molecule has 23 heavy (non-hydrogen) atoms. The van der Waals surface area contributed by atoms with Crippen LogP contribution in [0.4, 0.5) is 0 Å². The molecule has 4 rings (SSSR count). The van der Waals surface area contributed by atoms with Gasteiger partial charge < -0.3 is 14.2 Å². The van der Waals surface area contributed by atoms with Gasteiger partial charge in [0.2, 0.25) is 5.89 Å². The number of furan rings is 1. The van der Waals surface area contributed by atoms with E-state index in [1.165, 1.54) is 6.42 Å². The molecule has 0 saturated heterocycles. The average molecular weight is 308 g/mol. The van der Waals surface area contributed by atoms with E-state index in [1.807, 2.05) is 30.3 Å². The van der Waals surface area contributed by atoms with Crippen molar-refractivity contribution in [2.24, 2.45) is 5.92 Å². The Balaban J connectivity index is 1.31. The highest BCUT2D eigenvalue weighted by molar-refractivity contribution is 5.52. The Hall–Kier alpha value is -2.33. The Morgan fingerprint density at radius 1 is 1.13 bits per heavy atom. The number of hydrogen-bond donors (Lipinski definition) is 1. The van der Waals surface area contributed by atoms with Crippen LogP contribution in [0.1, 0.15) is 36.5 Å². The summed E-state index contributed by atoms with van der Waals surface area (Å²) in [5.41, 5.74) is 1.89. The van der Waals surface area contributed by atoms with E-state index in [4.69, 9.17) is 8.83 Å². The van der Waals surface area contributed by atoms with Gasteiger partial charge in [-0.2, -0.15) is 0 Å². The zero-order chi connectivity index (χ0) is 15.6. The molecule has 118 valence electrons. The maximum Gasteiger partial charge on any atom is 0.226 e. The summed E-state index contributed by atoms with van der Waals surface area (Å²) < 4.78 is 11.4. The standard InChI is InChI=1S/C19H20N2O2/c1-13-9-17(13)18-8-7-16(23-18)11-20-10-15-12-22-19(21-15)14-5-3-2-4-6-14/h2-8,12-13,17,20H,9-11H2,1H3. The second-order valence-electron chi connectivity index (χ2n) is 6.24. The second-order valence-corrected chi connectivity index (χ2v) is 6.24. The van der Waals surface area contributed by atoms with Gasteiger partial charge in [-0.1, -0.05) is 25.1 Å². The smallest absolute Gasteiger partial charge is 0.226 e. The maximum absolute atomic E-state index is 5.88. The number of nitrogens with one attached hydrogen (secondary N) is 1. The van der Waals surface area contributed by atoms with Gasteiger partial charge in [0.15, 0.2) is 0 Å². The Bertz CT molecular complexity index is 776. The minimum Gasteiger partial charge on any atom is -0.464 e. The van der Waals surface area contributed by atoms with Crippen LogP contribution < -0.4 is 5.32 Å². The second kappa shape index (κ2) is 6.05. The fourth-order valence-corrected chi connectivity index (χ4v) is 2.82. The molecule has 4 nitrogen and oxygen atoms in total. The quantitative estimate of drug-likeness (QED) is 0.735. The molecule has 2 heterocycles. The molecule has 0 radical (unpaired) electrons. The third-order valence-corrected chi connectivity index (χ3v) is 4.34. The highest BCUT2D eigenvalue weighted by Crippen LogP contribution is 2.47. The van der Waals surface area contributed by atoms with E-state index in [-0.39, 0.29) is 0 Å². The average Bonchev–Trinajstić information content (AvgIpc) is 2.99. The molecule has 0 aliphatic heterocycles. The Morgan fingerprint density at radius 3 is 2.74 bits per heavy atom. The van der Waals surface area contributed by atoms with Crippen LogP contribution in [0.3, 0.4) is 0 Å². The van der Waals surface area contributed by atoms with Crippen LogP contribution in [0.5, 0.6) is 0 Å². The van der Waals surface area contributed by atoms with Gasteiger partial charge in [-0.3, -0.25) is 0 Å². The maximum atomic E-state index is 5.88. The number of rotatable bonds is 6. The molecule has 2 unspecified atom stereocenters. The molecular weight excluding hydrogens is 288 g/mol. The lowest BCUT2D eigenvalue weighted by atomic mass is 10.2. The lowest BCUT2D eigenvalue weighted by molar-refractivity contribution is 0.443. The summed E-state index contributed by atoms with van der Waals surface area (Å²) in [6.07, 6.45) is 2.95. The zero-order valence-corrected chi connectivity index (χ0v) is 13.2. The van der Waals surface area contributed by atoms with E-state index in [1.54, 1.807) is 6.26 Å². The molecule has 0 amide bonds. The largest absolute Gasteiger partial charge is 0.464 e. The minimum absolute atomic E-state index is 0.632. The molecule has 1 saturated carbocycles. The van der Waals surface area contributed by atoms with E-state index in [9.17, 15) is 0 Å². The van der Waals surface area contributed by atoms with Gasteiger partial charge >= 0.3 is 0 Å². The van der Waals surface area contributed by atoms with Gasteiger partial charge in [0, 0.05) is 18.0 Å². The van der Waals surface area contributed by atoms with Gasteiger partial charge in [-0.05, 0) is 36.6 Å². The van der Waals surface area contributed by atoms with Crippen molar-refractivity contribution in [2.75, 3.05) is 0 Å². The van der Waals surface area contributed by atoms with Gasteiger partial charge in [-0.25, -0.2) is 4.98 Å². The van der Waals surface area contributed by atoms with Gasteiger partial charge in [-0.15, -0.1) is 0 Å². The number of nitrogens with zero attached hydrogens (tertiary/aromatic N) is 1. The predicted molar refractivity (Wildman–Crippen MR) is 87.7 cm³/mol. The van der Waals surface area contributed by atoms with Crippen LogP contribution in [-0.4, -0.2) is 4.98 Å². The van der Waals surface area contributed by atoms with Crippen LogP contribution in [0.25, 0.3) is 11.5 Å². The zero-order valence-electron chi connectivity index (χ0n) is 13.2. The summed E-state index contributed by atoms with van der Waals surface area (Å²) in [5.74, 6) is 4.17. The first-order valence-corrected chi connectivity index (χ1v) is 8.09. The molecule has 1 N–H and O–H groups in total. The predicted octanol–water partition coefficient (Wildman–Crippen LogP) is 4.35. The van der Waals surface area contributed by atoms with E-state index in [0.29, 0.717) is 24.9 Å². The third-order valence-electron chi connectivity index (χ3n) is 4.34. The van der Waals surface area contributed by atoms with Crippen molar-refractivity contribution in [2.45, 2.75) is 32.4 Å². The van der Waals surface area contributed by atoms with Gasteiger partial charge in [0.1, 0.15) is 17.8 Å². The number of hydrogen-bond acceptors (Lipinski definition) is 4. The first kappa shape index (κ1) is 14.3. The lowest BCUT2D eigenvalue weighted by Crippen LogP contribution is -2.12. The van der Waals surface area contributed by atoms with Crippen molar-refractivity contribution >= 4 is 0 Å². The molecule has 1 fully saturated rings. The summed E-state index contributed by atoms with van der Waals surface area (Å²) in [6.45, 7) is 3.63. The van der Waals surface area contributed by atoms with Crippen molar-refractivity contribution in [1.82, 2.24) is 10.3 Å². The number of benzene rings is 1. The van der Waals surface area contributed by atoms with Crippen molar-refractivity contribution in [3.63, 3.8) is 0 Å². The fourth-order valence-electron chi connectivity index (χ4n) is 2.82. The van der Waals surface area contributed by atoms with Crippen LogP contribution in [-0.2, 0) is 13.1 Å². The molecule has 1 aromatic carbocycles. The van der Waals surface area contributed by atoms with E-state index in [2.05, 4.69) is 29.4 Å². The summed E-state index contributed by atoms with van der Waals surface area (Å²) >= 11 is 0. The van der Waals surface area contributed by atoms with E-state index in [0.717, 1.165) is 28.7 Å². The van der Waals surface area contributed by atoms with Crippen molar-refractivity contribution in [3.05, 3.63) is 65.9 Å². The highest BCUT2D eigenvalue weighted by Gasteiger charge is 2.36. The highest BCUT2D eigenvalue weighted by atomic mass is 16.3. The summed E-state index contributed by atoms with van der Waals surface area (Å²) in [4.78, 5) is 4.51. The number of oxazole rings is 1. The topological polar surface area (TPSA) is 51.2 Å². The molecule has 3 aromatic rings. The summed E-state index contributed by atoms with van der Waals surface area (Å²) in [6, 6.07) is 14.1. The molecule has 2 atom stereocenters. The third kappa shape index (κ3) is 3.22. The van der Waals surface area contributed by atoms with Gasteiger partial charge in [0.25, 0.3) is 0 Å². The molecule has 0 spiro atoms. The Morgan fingerprint density at radius 2 is 1.96 bits per heavy atom. The molecule has 2 aromatic heterocycles. The van der Waals surface area contributed by atoms with Crippen molar-refractivity contribution in [1.29, 1.82) is 0 Å². The normalized spacial score (nSPS) is 19.9. The SMILES string of the molecule is CC1CC1c1ccc(CNCc2coc(-c3ccccc3)n2)o1. The first-order valence-electron chi connectivity index (χ1n) is 8.09. The molecule has 0 bridgehead atoms.